The number of quaternary nitrogens is 1. The number of aromatic hydroxyl groups is 2. The number of hydrogen-bond donors (Lipinski definition) is 3. The molecule has 0 aromatic heterocycles. The third-order valence-corrected chi connectivity index (χ3v) is 4.67. The molecule has 1 aliphatic rings. The predicted molar refractivity (Wildman–Crippen MR) is 99.4 cm³/mol. The van der Waals surface area contributed by atoms with Gasteiger partial charge in [-0.25, -0.2) is 0 Å². The highest BCUT2D eigenvalue weighted by atomic mass is 35.5. The second-order valence-electron chi connectivity index (χ2n) is 6.17. The molecule has 1 atom stereocenters. The minimum Gasteiger partial charge on any atom is -0.542 e. The van der Waals surface area contributed by atoms with Crippen molar-refractivity contribution in [1.29, 1.82) is 0 Å². The van der Waals surface area contributed by atoms with Crippen molar-refractivity contribution < 1.29 is 38.6 Å². The van der Waals surface area contributed by atoms with Crippen LogP contribution >= 0.6 is 23.2 Å². The van der Waals surface area contributed by atoms with E-state index in [9.17, 15) is 23.4 Å². The average Bonchev–Trinajstić information content (AvgIpc) is 3.08. The molecule has 156 valence electrons. The summed E-state index contributed by atoms with van der Waals surface area (Å²) < 4.78 is 31.5. The Kier molecular flexibility index (Phi) is 7.40. The van der Waals surface area contributed by atoms with Gasteiger partial charge in [-0.2, -0.15) is 13.2 Å². The number of phenolic OH excluding ortho intramolecular Hbond substituents is 2. The number of rotatable bonds is 2. The summed E-state index contributed by atoms with van der Waals surface area (Å²) in [5, 5.41) is 31.6. The Morgan fingerprint density at radius 3 is 2.28 bits per heavy atom. The summed E-state index contributed by atoms with van der Waals surface area (Å²) >= 11 is 11.9. The number of alkyl halides is 3. The van der Waals surface area contributed by atoms with Gasteiger partial charge in [0.05, 0.1) is 17.1 Å². The summed E-state index contributed by atoms with van der Waals surface area (Å²) in [5.41, 5.74) is 3.00. The molecule has 4 N–H and O–H groups in total. The summed E-state index contributed by atoms with van der Waals surface area (Å²) in [6.45, 7) is 0.946. The molecule has 1 unspecified atom stereocenters. The lowest BCUT2D eigenvalue weighted by atomic mass is 9.97. The molecule has 1 aliphatic heterocycles. The number of carbonyl (C=O) groups is 1. The predicted octanol–water partition coefficient (Wildman–Crippen LogP) is 2.80. The molecule has 10 heteroatoms. The summed E-state index contributed by atoms with van der Waals surface area (Å²) in [6, 6.07) is 10.6. The maximum absolute atomic E-state index is 10.5. The van der Waals surface area contributed by atoms with E-state index in [0.29, 0.717) is 5.02 Å². The van der Waals surface area contributed by atoms with Gasteiger partial charge in [-0.15, -0.1) is 0 Å². The Bertz CT molecular complexity index is 915. The van der Waals surface area contributed by atoms with Crippen LogP contribution in [0.1, 0.15) is 23.6 Å². The summed E-state index contributed by atoms with van der Waals surface area (Å²) in [6.07, 6.45) is -2.14. The third kappa shape index (κ3) is 6.28. The monoisotopic (exact) mass is 449 g/mol. The molecule has 1 fully saturated rings. The molecule has 1 saturated heterocycles. The van der Waals surface area contributed by atoms with Gasteiger partial charge in [0.1, 0.15) is 23.5 Å². The van der Waals surface area contributed by atoms with Crippen LogP contribution in [0.15, 0.2) is 42.0 Å². The van der Waals surface area contributed by atoms with E-state index in [2.05, 4.69) is 11.4 Å². The van der Waals surface area contributed by atoms with E-state index in [1.807, 2.05) is 24.3 Å². The van der Waals surface area contributed by atoms with Crippen molar-refractivity contribution in [3.63, 3.8) is 0 Å². The van der Waals surface area contributed by atoms with Crippen molar-refractivity contribution in [1.82, 2.24) is 0 Å². The van der Waals surface area contributed by atoms with E-state index in [-0.39, 0.29) is 22.6 Å². The second kappa shape index (κ2) is 9.39. The van der Waals surface area contributed by atoms with Crippen molar-refractivity contribution in [2.75, 3.05) is 6.54 Å². The van der Waals surface area contributed by atoms with Crippen LogP contribution in [0.25, 0.3) is 6.08 Å². The zero-order valence-electron chi connectivity index (χ0n) is 14.7. The first-order valence-electron chi connectivity index (χ1n) is 8.28. The van der Waals surface area contributed by atoms with Gasteiger partial charge in [0.2, 0.25) is 0 Å². The highest BCUT2D eigenvalue weighted by Crippen LogP contribution is 2.37. The van der Waals surface area contributed by atoms with E-state index in [1.54, 1.807) is 6.07 Å². The van der Waals surface area contributed by atoms with Gasteiger partial charge >= 0.3 is 6.18 Å². The molecule has 0 aliphatic carbocycles. The number of carbonyl (C=O) groups excluding carboxylic acids is 1. The molecular formula is C19H16Cl2F3NO4. The summed E-state index contributed by atoms with van der Waals surface area (Å²) in [7, 11) is 0. The molecule has 0 radical (unpaired) electrons. The average molecular weight is 450 g/mol. The molecule has 0 spiro atoms. The fraction of sp³-hybridized carbons (Fsp3) is 0.211. The molecule has 0 bridgehead atoms. The molecule has 3 rings (SSSR count). The maximum atomic E-state index is 10.5. The topological polar surface area (TPSA) is 97.2 Å². The van der Waals surface area contributed by atoms with Crippen LogP contribution in [0.2, 0.25) is 10.0 Å². The number of benzene rings is 2. The Morgan fingerprint density at radius 2 is 1.72 bits per heavy atom. The molecular weight excluding hydrogens is 434 g/mol. The smallest absolute Gasteiger partial charge is 0.430 e. The number of nitrogens with two attached hydrogens (primary N) is 1. The largest absolute Gasteiger partial charge is 0.542 e. The molecule has 0 saturated carbocycles. The first-order valence-corrected chi connectivity index (χ1v) is 9.03. The minimum absolute atomic E-state index is 0.00813. The molecule has 29 heavy (non-hydrogen) atoms. The number of phenols is 2. The van der Waals surface area contributed by atoms with E-state index in [4.69, 9.17) is 33.1 Å². The van der Waals surface area contributed by atoms with E-state index in [1.165, 1.54) is 11.6 Å². The lowest BCUT2D eigenvalue weighted by molar-refractivity contribution is -0.671. The Balaban J connectivity index is 0.000000370. The van der Waals surface area contributed by atoms with Gasteiger partial charge in [-0.1, -0.05) is 35.3 Å². The van der Waals surface area contributed by atoms with Gasteiger partial charge in [0, 0.05) is 17.5 Å². The van der Waals surface area contributed by atoms with E-state index in [0.717, 1.165) is 24.1 Å². The normalized spacial score (nSPS) is 17.7. The lowest BCUT2D eigenvalue weighted by Crippen LogP contribution is -2.82. The summed E-state index contributed by atoms with van der Waals surface area (Å²) in [4.78, 5) is 8.78. The minimum atomic E-state index is -5.19. The van der Waals surface area contributed by atoms with Crippen molar-refractivity contribution in [3.05, 3.63) is 63.1 Å². The van der Waals surface area contributed by atoms with Crippen molar-refractivity contribution >= 4 is 35.2 Å². The second-order valence-corrected chi connectivity index (χ2v) is 7.01. The van der Waals surface area contributed by atoms with Crippen molar-refractivity contribution in [2.45, 2.75) is 18.6 Å². The third-order valence-electron chi connectivity index (χ3n) is 4.12. The van der Waals surface area contributed by atoms with Gasteiger partial charge < -0.3 is 25.4 Å². The van der Waals surface area contributed by atoms with Crippen LogP contribution in [-0.2, 0) is 4.79 Å². The standard InChI is InChI=1S/C17H15Cl2NO2.C2HF3O2/c18-12-3-1-10(2-4-12)7-11-5-6-20-17(11)13-8-14(19)16(22)9-15(13)21;3-2(4,5)1(6)7/h1-4,7-9,17,20-22H,5-6H2;(H,6,7)/b11-7+;. The number of hydrogen-bond acceptors (Lipinski definition) is 4. The van der Waals surface area contributed by atoms with Gasteiger partial charge in [0.25, 0.3) is 0 Å². The SMILES string of the molecule is O=C([O-])C(F)(F)F.Oc1cc(O)c(C2[NH2+]CC/C2=C\c2ccc(Cl)cc2)cc1Cl. The van der Waals surface area contributed by atoms with Crippen LogP contribution in [0.5, 0.6) is 11.5 Å². The summed E-state index contributed by atoms with van der Waals surface area (Å²) in [5.74, 6) is -3.05. The highest BCUT2D eigenvalue weighted by molar-refractivity contribution is 6.32. The fourth-order valence-corrected chi connectivity index (χ4v) is 3.10. The Hall–Kier alpha value is -2.42. The molecule has 2 aromatic rings. The first kappa shape index (κ1) is 22.9. The van der Waals surface area contributed by atoms with Crippen molar-refractivity contribution in [2.24, 2.45) is 0 Å². The number of halogens is 5. The molecule has 1 heterocycles. The Morgan fingerprint density at radius 1 is 1.14 bits per heavy atom. The molecule has 5 nitrogen and oxygen atoms in total. The molecule has 0 amide bonds. The number of aliphatic carboxylic acids is 1. The van der Waals surface area contributed by atoms with E-state index >= 15 is 0 Å². The van der Waals surface area contributed by atoms with Crippen molar-refractivity contribution in [3.8, 4) is 11.5 Å². The number of carboxylic acid groups (broad SMARTS) is 1. The Labute approximate surface area is 174 Å². The lowest BCUT2D eigenvalue weighted by Gasteiger charge is -2.13. The quantitative estimate of drug-likeness (QED) is 0.656. The molecule has 2 aromatic carbocycles. The first-order chi connectivity index (χ1) is 13.5. The van der Waals surface area contributed by atoms with E-state index < -0.39 is 12.1 Å². The fourth-order valence-electron chi connectivity index (χ4n) is 2.80. The van der Waals surface area contributed by atoms with Crippen LogP contribution in [0, 0.1) is 0 Å². The zero-order chi connectivity index (χ0) is 21.8. The maximum Gasteiger partial charge on any atom is 0.430 e. The van der Waals surface area contributed by atoms with Crippen LogP contribution in [0.4, 0.5) is 13.2 Å². The number of carboxylic acids is 1. The van der Waals surface area contributed by atoms with Crippen LogP contribution in [-0.4, -0.2) is 28.9 Å². The van der Waals surface area contributed by atoms with Gasteiger partial charge in [-0.05, 0) is 35.4 Å². The highest BCUT2D eigenvalue weighted by Gasteiger charge is 2.30. The van der Waals surface area contributed by atoms with Crippen LogP contribution in [0.3, 0.4) is 0 Å². The van der Waals surface area contributed by atoms with Gasteiger partial charge in [0.15, 0.2) is 0 Å². The zero-order valence-corrected chi connectivity index (χ0v) is 16.2. The van der Waals surface area contributed by atoms with Gasteiger partial charge in [-0.3, -0.25) is 0 Å². The van der Waals surface area contributed by atoms with Crippen LogP contribution < -0.4 is 10.4 Å².